The number of carbonyl (C=O) groups excluding carboxylic acids is 2. The van der Waals surface area contributed by atoms with Crippen molar-refractivity contribution in [3.63, 3.8) is 0 Å². The molecule has 0 radical (unpaired) electrons. The first kappa shape index (κ1) is 12.4. The topological polar surface area (TPSA) is 46.2 Å². The molecule has 1 rings (SSSR count). The first-order valence-electron chi connectivity index (χ1n) is 4.58. The van der Waals surface area contributed by atoms with Crippen molar-refractivity contribution in [3.05, 3.63) is 35.6 Å². The highest BCUT2D eigenvalue weighted by molar-refractivity contribution is 6.06. The summed E-state index contributed by atoms with van der Waals surface area (Å²) in [5, 5.41) is 2.34. The molecule has 0 spiro atoms. The summed E-state index contributed by atoms with van der Waals surface area (Å²) in [6, 6.07) is 0. The van der Waals surface area contributed by atoms with Crippen molar-refractivity contribution in [3.8, 4) is 0 Å². The first-order valence-corrected chi connectivity index (χ1v) is 4.58. The van der Waals surface area contributed by atoms with Crippen LogP contribution in [0.15, 0.2) is 35.6 Å². The molecule has 0 aliphatic heterocycles. The van der Waals surface area contributed by atoms with Crippen LogP contribution in [-0.4, -0.2) is 12.2 Å². The molecule has 1 N–H and O–H groups in total. The van der Waals surface area contributed by atoms with E-state index in [1.165, 1.54) is 6.08 Å². The number of rotatable bonds is 2. The van der Waals surface area contributed by atoms with Crippen LogP contribution in [0.5, 0.6) is 0 Å². The van der Waals surface area contributed by atoms with Crippen LogP contribution in [0.3, 0.4) is 0 Å². The summed E-state index contributed by atoms with van der Waals surface area (Å²) in [5.41, 5.74) is 1.24. The molecule has 0 aromatic rings. The molecule has 0 saturated carbocycles. The van der Waals surface area contributed by atoms with Gasteiger partial charge in [-0.05, 0) is 24.6 Å². The van der Waals surface area contributed by atoms with E-state index >= 15 is 0 Å². The molecular weight excluding hydrogens is 178 g/mol. The molecule has 0 aromatic carbocycles. The molecule has 0 fully saturated rings. The van der Waals surface area contributed by atoms with E-state index in [2.05, 4.69) is 5.32 Å². The minimum atomic E-state index is -0.173. The molecule has 1 amide bonds. The van der Waals surface area contributed by atoms with Gasteiger partial charge < -0.3 is 5.32 Å². The normalized spacial score (nSPS) is 16.9. The van der Waals surface area contributed by atoms with Gasteiger partial charge in [0.25, 0.3) is 0 Å². The van der Waals surface area contributed by atoms with E-state index in [-0.39, 0.29) is 5.78 Å². The Kier molecular flexibility index (Phi) is 6.03. The largest absolute Gasteiger partial charge is 0.325 e. The molecule has 1 aliphatic rings. The summed E-state index contributed by atoms with van der Waals surface area (Å²) < 4.78 is 0. The molecule has 0 heterocycles. The van der Waals surface area contributed by atoms with Gasteiger partial charge in [-0.3, -0.25) is 9.59 Å². The van der Waals surface area contributed by atoms with Gasteiger partial charge in [-0.2, -0.15) is 0 Å². The lowest BCUT2D eigenvalue weighted by Gasteiger charge is -2.06. The van der Waals surface area contributed by atoms with Crippen LogP contribution in [0, 0.1) is 0 Å². The average Bonchev–Trinajstić information content (AvgIpc) is 2.24. The van der Waals surface area contributed by atoms with Gasteiger partial charge in [-0.25, -0.2) is 0 Å². The molecule has 0 unspecified atom stereocenters. The molecule has 1 aliphatic carbocycles. The van der Waals surface area contributed by atoms with Gasteiger partial charge in [0, 0.05) is 0 Å². The second-order valence-corrected chi connectivity index (χ2v) is 2.31. The van der Waals surface area contributed by atoms with Gasteiger partial charge >= 0.3 is 0 Å². The second kappa shape index (κ2) is 6.83. The summed E-state index contributed by atoms with van der Waals surface area (Å²) in [5.74, 6) is -0.173. The van der Waals surface area contributed by atoms with E-state index < -0.39 is 0 Å². The van der Waals surface area contributed by atoms with Gasteiger partial charge in [0.1, 0.15) is 0 Å². The summed E-state index contributed by atoms with van der Waals surface area (Å²) >= 11 is 0. The van der Waals surface area contributed by atoms with Crippen LogP contribution in [0.4, 0.5) is 0 Å². The Morgan fingerprint density at radius 1 is 1.29 bits per heavy atom. The highest BCUT2D eigenvalue weighted by atomic mass is 16.1. The van der Waals surface area contributed by atoms with Gasteiger partial charge in [0.15, 0.2) is 0 Å². The molecule has 3 nitrogen and oxygen atoms in total. The molecule has 76 valence electrons. The fraction of sp³-hybridized carbons (Fsp3) is 0.273. The van der Waals surface area contributed by atoms with Crippen molar-refractivity contribution in [1.82, 2.24) is 5.32 Å². The molecule has 0 bridgehead atoms. The zero-order chi connectivity index (χ0) is 11.0. The van der Waals surface area contributed by atoms with E-state index in [9.17, 15) is 9.59 Å². The standard InChI is InChI=1S/C9H9NO2.C2H6/c1-2-7-3-4-9(12)8(5-7)10-6-11;1-2/h2-6H,1H3,(H,10,11);1-2H3/b7-2-;. The predicted octanol–water partition coefficient (Wildman–Crippen LogP) is 1.73. The Balaban J connectivity index is 0.000000791. The molecule has 0 aromatic heterocycles. The number of amides is 1. The lowest BCUT2D eigenvalue weighted by Crippen LogP contribution is -2.19. The number of nitrogens with one attached hydrogen (secondary N) is 1. The third kappa shape index (κ3) is 3.39. The summed E-state index contributed by atoms with van der Waals surface area (Å²) in [4.78, 5) is 21.1. The van der Waals surface area contributed by atoms with Gasteiger partial charge in [0.05, 0.1) is 5.70 Å². The maximum absolute atomic E-state index is 11.0. The number of hydrogen-bond acceptors (Lipinski definition) is 2. The van der Waals surface area contributed by atoms with E-state index in [1.807, 2.05) is 26.8 Å². The Morgan fingerprint density at radius 3 is 2.43 bits per heavy atom. The van der Waals surface area contributed by atoms with Crippen molar-refractivity contribution in [2.45, 2.75) is 20.8 Å². The third-order valence-electron chi connectivity index (χ3n) is 1.55. The zero-order valence-corrected chi connectivity index (χ0v) is 8.70. The van der Waals surface area contributed by atoms with Crippen LogP contribution < -0.4 is 5.32 Å². The van der Waals surface area contributed by atoms with Crippen LogP contribution >= 0.6 is 0 Å². The molecular formula is C11H15NO2. The molecule has 3 heteroatoms. The maximum atomic E-state index is 11.0. The molecule has 14 heavy (non-hydrogen) atoms. The molecule has 0 saturated heterocycles. The summed E-state index contributed by atoms with van der Waals surface area (Å²) in [6.07, 6.45) is 7.13. The van der Waals surface area contributed by atoms with E-state index in [4.69, 9.17) is 0 Å². The third-order valence-corrected chi connectivity index (χ3v) is 1.55. The number of carbonyl (C=O) groups is 2. The van der Waals surface area contributed by atoms with Crippen molar-refractivity contribution in [2.75, 3.05) is 0 Å². The minimum Gasteiger partial charge on any atom is -0.325 e. The van der Waals surface area contributed by atoms with E-state index in [0.29, 0.717) is 12.1 Å². The number of ketones is 1. The first-order chi connectivity index (χ1) is 6.77. The second-order valence-electron chi connectivity index (χ2n) is 2.31. The minimum absolute atomic E-state index is 0.173. The summed E-state index contributed by atoms with van der Waals surface area (Å²) in [6.45, 7) is 5.87. The maximum Gasteiger partial charge on any atom is 0.211 e. The summed E-state index contributed by atoms with van der Waals surface area (Å²) in [7, 11) is 0. The highest BCUT2D eigenvalue weighted by Gasteiger charge is 2.09. The number of hydrogen-bond donors (Lipinski definition) is 1. The Labute approximate surface area is 84.2 Å². The van der Waals surface area contributed by atoms with Crippen molar-refractivity contribution < 1.29 is 9.59 Å². The van der Waals surface area contributed by atoms with Gasteiger partial charge in [-0.1, -0.05) is 26.0 Å². The fourth-order valence-corrected chi connectivity index (χ4v) is 0.903. The lowest BCUT2D eigenvalue weighted by atomic mass is 10.1. The van der Waals surface area contributed by atoms with Crippen molar-refractivity contribution in [1.29, 1.82) is 0 Å². The van der Waals surface area contributed by atoms with Crippen LogP contribution in [0.2, 0.25) is 0 Å². The zero-order valence-electron chi connectivity index (χ0n) is 8.70. The fourth-order valence-electron chi connectivity index (χ4n) is 0.903. The van der Waals surface area contributed by atoms with Crippen LogP contribution in [0.25, 0.3) is 0 Å². The van der Waals surface area contributed by atoms with Gasteiger partial charge in [0.2, 0.25) is 12.2 Å². The van der Waals surface area contributed by atoms with Crippen molar-refractivity contribution >= 4 is 12.2 Å². The van der Waals surface area contributed by atoms with Crippen LogP contribution in [0.1, 0.15) is 20.8 Å². The van der Waals surface area contributed by atoms with Gasteiger partial charge in [-0.15, -0.1) is 0 Å². The Morgan fingerprint density at radius 2 is 1.93 bits per heavy atom. The smallest absolute Gasteiger partial charge is 0.211 e. The lowest BCUT2D eigenvalue weighted by molar-refractivity contribution is -0.114. The van der Waals surface area contributed by atoms with Crippen LogP contribution in [-0.2, 0) is 9.59 Å². The number of allylic oxidation sites excluding steroid dienone is 5. The van der Waals surface area contributed by atoms with E-state index in [1.54, 1.807) is 12.2 Å². The monoisotopic (exact) mass is 193 g/mol. The SMILES string of the molecule is C/C=C1/C=CC(=O)C(NC=O)=C1.CC. The Bertz CT molecular complexity index is 298. The highest BCUT2D eigenvalue weighted by Crippen LogP contribution is 2.09. The average molecular weight is 193 g/mol. The quantitative estimate of drug-likeness (QED) is 0.679. The Hall–Kier alpha value is -1.64. The molecule has 0 atom stereocenters. The van der Waals surface area contributed by atoms with Crippen molar-refractivity contribution in [2.24, 2.45) is 0 Å². The van der Waals surface area contributed by atoms with E-state index in [0.717, 1.165) is 5.57 Å². The predicted molar refractivity (Wildman–Crippen MR) is 56.5 cm³/mol.